The number of furan rings is 1. The average molecular weight is 631 g/mol. The van der Waals surface area contributed by atoms with Crippen molar-refractivity contribution in [2.75, 3.05) is 0 Å². The zero-order chi connectivity index (χ0) is 39.3. The normalized spacial score (nSPS) is 14.0. The summed E-state index contributed by atoms with van der Waals surface area (Å²) in [7, 11) is 0. The lowest BCUT2D eigenvalue weighted by Gasteiger charge is -2.19. The Morgan fingerprint density at radius 1 is 0.367 bits per heavy atom. The SMILES string of the molecule is [2H]c1c([2H])c([2H])c2c(-c3cc(-c4ccc5ccccc5c4)cc4oc5ccccc5c34)c3c([2H])c([2H])c([2H])c([2H])c3c(-c3ccc(-c4ccccc4)cc3)c2c1[2H]. The van der Waals surface area contributed by atoms with Crippen molar-refractivity contribution >= 4 is 54.3 Å². The molecule has 0 spiro atoms. The number of fused-ring (bicyclic) bond motifs is 6. The summed E-state index contributed by atoms with van der Waals surface area (Å²) in [5.74, 6) is 0. The summed E-state index contributed by atoms with van der Waals surface area (Å²) >= 11 is 0. The second-order valence-corrected chi connectivity index (χ2v) is 12.3. The molecule has 0 aliphatic heterocycles. The van der Waals surface area contributed by atoms with Crippen LogP contribution in [-0.4, -0.2) is 0 Å². The summed E-state index contributed by atoms with van der Waals surface area (Å²) in [6.45, 7) is 0. The van der Waals surface area contributed by atoms with Crippen LogP contribution in [0.15, 0.2) is 186 Å². The zero-order valence-corrected chi connectivity index (χ0v) is 26.1. The Morgan fingerprint density at radius 2 is 0.939 bits per heavy atom. The third kappa shape index (κ3) is 4.47. The first-order valence-corrected chi connectivity index (χ1v) is 16.2. The Bertz CT molecular complexity index is 3240. The van der Waals surface area contributed by atoms with E-state index < -0.39 is 24.2 Å². The Balaban J connectivity index is 1.42. The van der Waals surface area contributed by atoms with Crippen molar-refractivity contribution in [2.24, 2.45) is 0 Å². The maximum atomic E-state index is 9.55. The molecular formula is C48H30O. The lowest BCUT2D eigenvalue weighted by molar-refractivity contribution is 0.669. The Kier molecular flexibility index (Phi) is 4.69. The molecule has 0 radical (unpaired) electrons. The first-order valence-electron chi connectivity index (χ1n) is 20.2. The minimum absolute atomic E-state index is 0.155. The molecule has 0 unspecified atom stereocenters. The molecule has 0 atom stereocenters. The van der Waals surface area contributed by atoms with Crippen molar-refractivity contribution < 1.29 is 15.4 Å². The van der Waals surface area contributed by atoms with E-state index in [0.29, 0.717) is 33.2 Å². The summed E-state index contributed by atoms with van der Waals surface area (Å²) in [5.41, 5.74) is 6.36. The maximum absolute atomic E-state index is 9.55. The van der Waals surface area contributed by atoms with E-state index in [0.717, 1.165) is 38.4 Å². The predicted octanol–water partition coefficient (Wildman–Crippen LogP) is 13.7. The van der Waals surface area contributed by atoms with E-state index >= 15 is 0 Å². The van der Waals surface area contributed by atoms with Crippen LogP contribution in [0, 0.1) is 0 Å². The third-order valence-corrected chi connectivity index (χ3v) is 9.49. The lowest BCUT2D eigenvalue weighted by Crippen LogP contribution is -1.92. The van der Waals surface area contributed by atoms with Crippen LogP contribution in [0.2, 0.25) is 0 Å². The minimum atomic E-state index is -0.446. The molecule has 1 heteroatoms. The minimum Gasteiger partial charge on any atom is -0.456 e. The number of benzene rings is 9. The molecule has 1 aromatic heterocycles. The van der Waals surface area contributed by atoms with Gasteiger partial charge in [-0.2, -0.15) is 0 Å². The van der Waals surface area contributed by atoms with Crippen LogP contribution in [0.5, 0.6) is 0 Å². The molecule has 228 valence electrons. The molecule has 1 heterocycles. The van der Waals surface area contributed by atoms with Crippen molar-refractivity contribution in [1.82, 2.24) is 0 Å². The third-order valence-electron chi connectivity index (χ3n) is 9.49. The van der Waals surface area contributed by atoms with Gasteiger partial charge in [0.25, 0.3) is 0 Å². The Labute approximate surface area is 295 Å². The van der Waals surface area contributed by atoms with E-state index in [4.69, 9.17) is 9.90 Å². The van der Waals surface area contributed by atoms with Gasteiger partial charge in [0.2, 0.25) is 0 Å². The fraction of sp³-hybridized carbons (Fsp3) is 0. The first kappa shape index (κ1) is 20.7. The molecule has 0 amide bonds. The van der Waals surface area contributed by atoms with E-state index in [1.807, 2.05) is 127 Å². The average Bonchev–Trinajstić information content (AvgIpc) is 3.64. The van der Waals surface area contributed by atoms with Crippen molar-refractivity contribution in [3.8, 4) is 44.5 Å². The fourth-order valence-corrected chi connectivity index (χ4v) is 7.23. The molecule has 0 fully saturated rings. The van der Waals surface area contributed by atoms with Crippen LogP contribution in [0.4, 0.5) is 0 Å². The van der Waals surface area contributed by atoms with E-state index in [9.17, 15) is 5.48 Å². The van der Waals surface area contributed by atoms with Gasteiger partial charge in [-0.1, -0.05) is 158 Å². The maximum Gasteiger partial charge on any atom is 0.136 e. The molecule has 10 rings (SSSR count). The second-order valence-electron chi connectivity index (χ2n) is 12.3. The highest BCUT2D eigenvalue weighted by Crippen LogP contribution is 2.48. The molecule has 0 saturated heterocycles. The second kappa shape index (κ2) is 11.1. The highest BCUT2D eigenvalue weighted by Gasteiger charge is 2.21. The summed E-state index contributed by atoms with van der Waals surface area (Å²) in [6.07, 6.45) is 0. The molecular weight excluding hydrogens is 593 g/mol. The quantitative estimate of drug-likeness (QED) is 0.176. The van der Waals surface area contributed by atoms with Gasteiger partial charge < -0.3 is 4.42 Å². The van der Waals surface area contributed by atoms with E-state index in [-0.39, 0.29) is 51.3 Å². The smallest absolute Gasteiger partial charge is 0.136 e. The molecule has 1 nitrogen and oxygen atoms in total. The monoisotopic (exact) mass is 630 g/mol. The lowest BCUT2D eigenvalue weighted by atomic mass is 9.84. The fourth-order valence-electron chi connectivity index (χ4n) is 7.23. The molecule has 0 N–H and O–H groups in total. The van der Waals surface area contributed by atoms with Crippen LogP contribution < -0.4 is 0 Å². The summed E-state index contributed by atoms with van der Waals surface area (Å²) in [4.78, 5) is 0. The van der Waals surface area contributed by atoms with Gasteiger partial charge in [-0.3, -0.25) is 0 Å². The first-order chi connectivity index (χ1) is 27.6. The standard InChI is InChI=1S/C48H30O/c1-2-12-31(13-3-1)33-22-25-34(26-23-33)46-38-16-6-8-18-40(38)47(41-19-9-7-17-39(41)46)43-29-37(36-27-24-32-14-4-5-15-35(32)28-36)30-45-48(43)42-20-10-11-21-44(42)49-45/h1-30H/i6D,7D,8D,9D,16D,17D,18D,19D. The highest BCUT2D eigenvalue weighted by molar-refractivity contribution is 6.26. The van der Waals surface area contributed by atoms with Gasteiger partial charge in [-0.05, 0) is 101 Å². The van der Waals surface area contributed by atoms with Crippen molar-refractivity contribution in [2.45, 2.75) is 0 Å². The van der Waals surface area contributed by atoms with Crippen LogP contribution in [0.3, 0.4) is 0 Å². The summed E-state index contributed by atoms with van der Waals surface area (Å²) < 4.78 is 80.3. The van der Waals surface area contributed by atoms with Gasteiger partial charge in [0, 0.05) is 10.8 Å². The largest absolute Gasteiger partial charge is 0.456 e. The van der Waals surface area contributed by atoms with Crippen molar-refractivity contribution in [1.29, 1.82) is 0 Å². The van der Waals surface area contributed by atoms with Crippen LogP contribution in [0.25, 0.3) is 98.8 Å². The topological polar surface area (TPSA) is 13.1 Å². The van der Waals surface area contributed by atoms with Crippen molar-refractivity contribution in [3.05, 3.63) is 182 Å². The van der Waals surface area contributed by atoms with Crippen molar-refractivity contribution in [3.63, 3.8) is 0 Å². The number of rotatable bonds is 4. The Morgan fingerprint density at radius 3 is 1.67 bits per heavy atom. The van der Waals surface area contributed by atoms with Gasteiger partial charge in [0.15, 0.2) is 0 Å². The summed E-state index contributed by atoms with van der Waals surface area (Å²) in [6, 6.07) is 40.0. The van der Waals surface area contributed by atoms with Crippen LogP contribution in [0.1, 0.15) is 11.0 Å². The highest BCUT2D eigenvalue weighted by atomic mass is 16.3. The Hall–Kier alpha value is -6.44. The van der Waals surface area contributed by atoms with E-state index in [2.05, 4.69) is 6.07 Å². The molecule has 49 heavy (non-hydrogen) atoms. The molecule has 10 aromatic rings. The molecule has 0 saturated carbocycles. The van der Waals surface area contributed by atoms with Gasteiger partial charge in [-0.15, -0.1) is 0 Å². The molecule has 9 aromatic carbocycles. The van der Waals surface area contributed by atoms with Crippen LogP contribution in [-0.2, 0) is 0 Å². The number of hydrogen-bond donors (Lipinski definition) is 0. The number of para-hydroxylation sites is 1. The zero-order valence-electron chi connectivity index (χ0n) is 34.1. The predicted molar refractivity (Wildman–Crippen MR) is 208 cm³/mol. The van der Waals surface area contributed by atoms with E-state index in [1.165, 1.54) is 0 Å². The molecule has 0 aliphatic carbocycles. The molecule has 0 aliphatic rings. The molecule has 0 bridgehead atoms. The van der Waals surface area contributed by atoms with Gasteiger partial charge in [0.1, 0.15) is 11.2 Å². The van der Waals surface area contributed by atoms with Gasteiger partial charge in [-0.25, -0.2) is 0 Å². The van der Waals surface area contributed by atoms with E-state index in [1.54, 1.807) is 0 Å². The summed E-state index contributed by atoms with van der Waals surface area (Å²) in [5, 5.41) is 4.17. The van der Waals surface area contributed by atoms with Crippen LogP contribution >= 0.6 is 0 Å². The van der Waals surface area contributed by atoms with Gasteiger partial charge in [0.05, 0.1) is 11.0 Å². The number of hydrogen-bond acceptors (Lipinski definition) is 1. The van der Waals surface area contributed by atoms with Gasteiger partial charge >= 0.3 is 0 Å².